The third-order valence-electron chi connectivity index (χ3n) is 3.01. The monoisotopic (exact) mass is 310 g/mol. The lowest BCUT2D eigenvalue weighted by atomic mass is 9.94. The van der Waals surface area contributed by atoms with Crippen molar-refractivity contribution in [1.82, 2.24) is 10.6 Å². The van der Waals surface area contributed by atoms with Gasteiger partial charge in [-0.05, 0) is 31.5 Å². The lowest BCUT2D eigenvalue weighted by Gasteiger charge is -2.19. The second-order valence-corrected chi connectivity index (χ2v) is 5.55. The van der Waals surface area contributed by atoms with Crippen molar-refractivity contribution in [2.45, 2.75) is 20.3 Å². The molecule has 2 amide bonds. The minimum atomic E-state index is -1.08. The van der Waals surface area contributed by atoms with E-state index in [2.05, 4.69) is 10.6 Å². The first-order chi connectivity index (χ1) is 10.2. The molecule has 0 unspecified atom stereocenters. The van der Waals surface area contributed by atoms with Crippen LogP contribution in [0.15, 0.2) is 24.3 Å². The highest BCUT2D eigenvalue weighted by Gasteiger charge is 2.27. The molecule has 0 saturated carbocycles. The van der Waals surface area contributed by atoms with Crippen LogP contribution in [0.5, 0.6) is 0 Å². The number of carboxylic acids is 1. The average molecular weight is 310 g/mol. The normalized spacial score (nSPS) is 10.9. The van der Waals surface area contributed by atoms with Crippen molar-refractivity contribution in [2.75, 3.05) is 13.1 Å². The smallest absolute Gasteiger partial charge is 0.310 e. The Labute approximate surface area is 127 Å². The molecule has 1 rings (SSSR count). The quantitative estimate of drug-likeness (QED) is 0.691. The van der Waals surface area contributed by atoms with E-state index >= 15 is 0 Å². The van der Waals surface area contributed by atoms with E-state index in [1.165, 1.54) is 32.0 Å². The second kappa shape index (κ2) is 7.53. The molecular weight excluding hydrogens is 291 g/mol. The van der Waals surface area contributed by atoms with Gasteiger partial charge in [0.1, 0.15) is 5.82 Å². The first-order valence-corrected chi connectivity index (χ1v) is 6.72. The molecule has 7 heteroatoms. The Morgan fingerprint density at radius 1 is 1.18 bits per heavy atom. The van der Waals surface area contributed by atoms with Crippen molar-refractivity contribution < 1.29 is 23.9 Å². The van der Waals surface area contributed by atoms with Gasteiger partial charge in [0.25, 0.3) is 0 Å². The third-order valence-corrected chi connectivity index (χ3v) is 3.01. The Morgan fingerprint density at radius 3 is 2.45 bits per heavy atom. The van der Waals surface area contributed by atoms with E-state index in [4.69, 9.17) is 5.11 Å². The predicted molar refractivity (Wildman–Crippen MR) is 77.5 cm³/mol. The van der Waals surface area contributed by atoms with Crippen LogP contribution < -0.4 is 10.6 Å². The van der Waals surface area contributed by atoms with Crippen LogP contribution in [0.3, 0.4) is 0 Å². The van der Waals surface area contributed by atoms with Crippen molar-refractivity contribution in [3.05, 3.63) is 35.6 Å². The van der Waals surface area contributed by atoms with Gasteiger partial charge < -0.3 is 15.7 Å². The van der Waals surface area contributed by atoms with E-state index in [-0.39, 0.29) is 19.5 Å². The molecule has 0 heterocycles. The summed E-state index contributed by atoms with van der Waals surface area (Å²) < 4.78 is 13.0. The Hall–Kier alpha value is -2.44. The topological polar surface area (TPSA) is 95.5 Å². The minimum Gasteiger partial charge on any atom is -0.481 e. The predicted octanol–water partition coefficient (Wildman–Crippen LogP) is 0.711. The van der Waals surface area contributed by atoms with Crippen molar-refractivity contribution in [3.63, 3.8) is 0 Å². The maximum absolute atomic E-state index is 13.0. The Balaban J connectivity index is 2.35. The molecule has 6 nitrogen and oxygen atoms in total. The van der Waals surface area contributed by atoms with Gasteiger partial charge in [-0.15, -0.1) is 0 Å². The third kappa shape index (κ3) is 5.90. The maximum atomic E-state index is 13.0. The summed E-state index contributed by atoms with van der Waals surface area (Å²) in [5.74, 6) is -2.36. The number of benzene rings is 1. The summed E-state index contributed by atoms with van der Waals surface area (Å²) in [7, 11) is 0. The van der Waals surface area contributed by atoms with Crippen LogP contribution >= 0.6 is 0 Å². The number of carbonyl (C=O) groups is 3. The minimum absolute atomic E-state index is 0.0361. The van der Waals surface area contributed by atoms with Gasteiger partial charge in [0.2, 0.25) is 11.8 Å². The molecule has 0 fully saturated rings. The molecule has 120 valence electrons. The Kier molecular flexibility index (Phi) is 6.03. The molecule has 0 atom stereocenters. The number of aliphatic carboxylic acids is 1. The van der Waals surface area contributed by atoms with Crippen LogP contribution in [0.2, 0.25) is 0 Å². The number of hydrogen-bond acceptors (Lipinski definition) is 3. The van der Waals surface area contributed by atoms with E-state index in [1.54, 1.807) is 6.07 Å². The van der Waals surface area contributed by atoms with Crippen LogP contribution in [0, 0.1) is 11.2 Å². The van der Waals surface area contributed by atoms with Gasteiger partial charge in [-0.2, -0.15) is 0 Å². The van der Waals surface area contributed by atoms with Gasteiger partial charge >= 0.3 is 5.97 Å². The number of amides is 2. The largest absolute Gasteiger partial charge is 0.481 e. The molecule has 0 aliphatic rings. The van der Waals surface area contributed by atoms with E-state index in [0.717, 1.165) is 0 Å². The maximum Gasteiger partial charge on any atom is 0.310 e. The van der Waals surface area contributed by atoms with Crippen LogP contribution in [0.25, 0.3) is 0 Å². The van der Waals surface area contributed by atoms with Gasteiger partial charge in [0.15, 0.2) is 0 Å². The van der Waals surface area contributed by atoms with Gasteiger partial charge in [-0.1, -0.05) is 12.1 Å². The highest BCUT2D eigenvalue weighted by molar-refractivity contribution is 5.86. The second-order valence-electron chi connectivity index (χ2n) is 5.55. The van der Waals surface area contributed by atoms with Crippen molar-refractivity contribution >= 4 is 17.8 Å². The summed E-state index contributed by atoms with van der Waals surface area (Å²) in [6.07, 6.45) is -0.0361. The Morgan fingerprint density at radius 2 is 1.86 bits per heavy atom. The van der Waals surface area contributed by atoms with E-state index in [0.29, 0.717) is 5.56 Å². The molecule has 1 aromatic carbocycles. The summed E-state index contributed by atoms with van der Waals surface area (Å²) in [5, 5.41) is 13.7. The molecule has 0 radical (unpaired) electrons. The highest BCUT2D eigenvalue weighted by Crippen LogP contribution is 2.12. The molecule has 22 heavy (non-hydrogen) atoms. The van der Waals surface area contributed by atoms with Crippen molar-refractivity contribution in [3.8, 4) is 0 Å². The summed E-state index contributed by atoms with van der Waals surface area (Å²) >= 11 is 0. The number of rotatable bonds is 7. The zero-order valence-corrected chi connectivity index (χ0v) is 12.5. The van der Waals surface area contributed by atoms with Crippen LogP contribution in [0.1, 0.15) is 19.4 Å². The van der Waals surface area contributed by atoms with E-state index < -0.39 is 29.0 Å². The SMILES string of the molecule is CC(C)(CNC(=O)CNC(=O)Cc1cccc(F)c1)C(=O)O. The van der Waals surface area contributed by atoms with Gasteiger partial charge in [0, 0.05) is 6.54 Å². The van der Waals surface area contributed by atoms with Gasteiger partial charge in [0.05, 0.1) is 18.4 Å². The highest BCUT2D eigenvalue weighted by atomic mass is 19.1. The summed E-state index contributed by atoms with van der Waals surface area (Å²) in [6, 6.07) is 5.63. The molecule has 0 saturated heterocycles. The fourth-order valence-electron chi connectivity index (χ4n) is 1.53. The molecule has 1 aromatic rings. The van der Waals surface area contributed by atoms with E-state index in [1.807, 2.05) is 0 Å². The number of nitrogens with one attached hydrogen (secondary N) is 2. The molecule has 0 bridgehead atoms. The summed E-state index contributed by atoms with van der Waals surface area (Å²) in [4.78, 5) is 34.1. The molecule has 0 aliphatic carbocycles. The van der Waals surface area contributed by atoms with Crippen molar-refractivity contribution in [1.29, 1.82) is 0 Å². The fourth-order valence-corrected chi connectivity index (χ4v) is 1.53. The number of carbonyl (C=O) groups excluding carboxylic acids is 2. The van der Waals surface area contributed by atoms with Crippen molar-refractivity contribution in [2.24, 2.45) is 5.41 Å². The lowest BCUT2D eigenvalue weighted by molar-refractivity contribution is -0.146. The number of halogens is 1. The molecule has 0 aromatic heterocycles. The summed E-state index contributed by atoms with van der Waals surface area (Å²) in [6.45, 7) is 2.67. The first kappa shape index (κ1) is 17.6. The van der Waals surface area contributed by atoms with Crippen LogP contribution in [-0.2, 0) is 20.8 Å². The number of carboxylic acid groups (broad SMARTS) is 1. The zero-order chi connectivity index (χ0) is 16.8. The van der Waals surface area contributed by atoms with Crippen LogP contribution in [-0.4, -0.2) is 36.0 Å². The zero-order valence-electron chi connectivity index (χ0n) is 12.5. The molecule has 3 N–H and O–H groups in total. The van der Waals surface area contributed by atoms with Gasteiger partial charge in [-0.25, -0.2) is 4.39 Å². The summed E-state index contributed by atoms with van der Waals surface area (Å²) in [5.41, 5.74) is -0.578. The first-order valence-electron chi connectivity index (χ1n) is 6.72. The Bertz CT molecular complexity index is 572. The number of hydrogen-bond donors (Lipinski definition) is 3. The molecule has 0 spiro atoms. The average Bonchev–Trinajstić information content (AvgIpc) is 2.43. The molecule has 0 aliphatic heterocycles. The molecular formula is C15H19FN2O4. The standard InChI is InChI=1S/C15H19FN2O4/c1-15(2,14(21)22)9-18-13(20)8-17-12(19)7-10-4-3-5-11(16)6-10/h3-6H,7-9H2,1-2H3,(H,17,19)(H,18,20)(H,21,22). The van der Waals surface area contributed by atoms with Crippen LogP contribution in [0.4, 0.5) is 4.39 Å². The van der Waals surface area contributed by atoms with E-state index in [9.17, 15) is 18.8 Å². The fraction of sp³-hybridized carbons (Fsp3) is 0.400. The lowest BCUT2D eigenvalue weighted by Crippen LogP contribution is -2.43. The van der Waals surface area contributed by atoms with Gasteiger partial charge in [-0.3, -0.25) is 14.4 Å².